The number of pyridine rings is 1. The maximum Gasteiger partial charge on any atom is 0.308 e. The lowest BCUT2D eigenvalue weighted by atomic mass is 9.80. The number of hydrogen-bond acceptors (Lipinski definition) is 8. The molecule has 0 saturated heterocycles. The van der Waals surface area contributed by atoms with Gasteiger partial charge in [-0.25, -0.2) is 4.98 Å². The lowest BCUT2D eigenvalue weighted by Gasteiger charge is -2.29. The molecule has 0 radical (unpaired) electrons. The summed E-state index contributed by atoms with van der Waals surface area (Å²) >= 11 is 4.02. The van der Waals surface area contributed by atoms with Crippen LogP contribution in [-0.4, -0.2) is 75.0 Å². The summed E-state index contributed by atoms with van der Waals surface area (Å²) in [5.74, 6) is 1.20. The number of esters is 1. The van der Waals surface area contributed by atoms with E-state index in [4.69, 9.17) is 29.3 Å². The summed E-state index contributed by atoms with van der Waals surface area (Å²) in [6.07, 6.45) is 8.19. The molecule has 1 aromatic carbocycles. The third kappa shape index (κ3) is 11.0. The van der Waals surface area contributed by atoms with Crippen molar-refractivity contribution in [2.45, 2.75) is 90.4 Å². The van der Waals surface area contributed by atoms with E-state index in [0.717, 1.165) is 88.2 Å². The second kappa shape index (κ2) is 17.7. The van der Waals surface area contributed by atoms with Gasteiger partial charge in [0.1, 0.15) is 13.5 Å². The van der Waals surface area contributed by atoms with Gasteiger partial charge in [-0.3, -0.25) is 9.78 Å². The van der Waals surface area contributed by atoms with Crippen molar-refractivity contribution in [2.24, 2.45) is 11.8 Å². The summed E-state index contributed by atoms with van der Waals surface area (Å²) in [6.45, 7) is 18.7. The highest BCUT2D eigenvalue weighted by molar-refractivity contribution is 9.10. The van der Waals surface area contributed by atoms with E-state index in [1.165, 1.54) is 0 Å². The Morgan fingerprint density at radius 3 is 2.10 bits per heavy atom. The molecule has 0 aliphatic heterocycles. The lowest BCUT2D eigenvalue weighted by Crippen LogP contribution is -2.34. The lowest BCUT2D eigenvalue weighted by molar-refractivity contribution is -0.149. The van der Waals surface area contributed by atoms with Crippen LogP contribution in [-0.2, 0) is 25.4 Å². The quantitative estimate of drug-likeness (QED) is 0.0452. The average molecular weight is 795 g/mol. The summed E-state index contributed by atoms with van der Waals surface area (Å²) in [6, 6.07) is 16.5. The Kier molecular flexibility index (Phi) is 13.7. The normalized spacial score (nSPS) is 16.8. The van der Waals surface area contributed by atoms with Crippen LogP contribution in [0.3, 0.4) is 0 Å². The van der Waals surface area contributed by atoms with Crippen LogP contribution in [0.2, 0.25) is 51.4 Å². The van der Waals surface area contributed by atoms with E-state index in [2.05, 4.69) is 84.4 Å². The molecule has 3 heterocycles. The first-order valence-corrected chi connectivity index (χ1v) is 26.7. The summed E-state index contributed by atoms with van der Waals surface area (Å²) in [5, 5.41) is 4.93. The number of anilines is 1. The van der Waals surface area contributed by atoms with Gasteiger partial charge in [-0.1, -0.05) is 75.7 Å². The SMILES string of the molecule is CCOC(=O)C1CCC(Cc2nc3c(-c4ccc(-c5ccccc5)nc4)cnn3c(N(COCC[Si](C)(C)C)COCC[Si](C)(C)C)c2Br)CC1. The zero-order valence-corrected chi connectivity index (χ0v) is 35.2. The predicted molar refractivity (Wildman–Crippen MR) is 216 cm³/mol. The predicted octanol–water partition coefficient (Wildman–Crippen LogP) is 9.56. The molecule has 5 rings (SSSR count). The monoisotopic (exact) mass is 793 g/mol. The molecule has 0 spiro atoms. The molecule has 0 unspecified atom stereocenters. The minimum Gasteiger partial charge on any atom is -0.466 e. The fourth-order valence-corrected chi connectivity index (χ4v) is 8.53. The first kappa shape index (κ1) is 39.3. The summed E-state index contributed by atoms with van der Waals surface area (Å²) in [5.41, 5.74) is 5.61. The first-order chi connectivity index (χ1) is 24.3. The van der Waals surface area contributed by atoms with Gasteiger partial charge >= 0.3 is 5.97 Å². The Hall–Kier alpha value is -2.91. The molecule has 0 N–H and O–H groups in total. The highest BCUT2D eigenvalue weighted by Crippen LogP contribution is 2.38. The smallest absolute Gasteiger partial charge is 0.308 e. The van der Waals surface area contributed by atoms with Crippen LogP contribution in [0, 0.1) is 11.8 Å². The van der Waals surface area contributed by atoms with Gasteiger partial charge in [0.2, 0.25) is 0 Å². The number of carbonyl (C=O) groups excluding carboxylic acids is 1. The van der Waals surface area contributed by atoms with E-state index in [1.807, 2.05) is 42.0 Å². The Balaban J connectivity index is 1.50. The fraction of sp³-hybridized carbons (Fsp3) is 0.538. The third-order valence-electron chi connectivity index (χ3n) is 9.51. The average Bonchev–Trinajstić information content (AvgIpc) is 3.51. The van der Waals surface area contributed by atoms with Gasteiger partial charge in [0.15, 0.2) is 11.5 Å². The van der Waals surface area contributed by atoms with Crippen LogP contribution in [0.25, 0.3) is 28.0 Å². The zero-order valence-electron chi connectivity index (χ0n) is 31.6. The van der Waals surface area contributed by atoms with Crippen LogP contribution >= 0.6 is 15.9 Å². The molecule has 9 nitrogen and oxygen atoms in total. The minimum absolute atomic E-state index is 0.0134. The molecular weight excluding hydrogens is 739 g/mol. The highest BCUT2D eigenvalue weighted by Gasteiger charge is 2.30. The van der Waals surface area contributed by atoms with Gasteiger partial charge in [-0.05, 0) is 79.0 Å². The summed E-state index contributed by atoms with van der Waals surface area (Å²) < 4.78 is 20.9. The van der Waals surface area contributed by atoms with E-state index in [9.17, 15) is 4.79 Å². The Bertz CT molecular complexity index is 1690. The molecule has 51 heavy (non-hydrogen) atoms. The van der Waals surface area contributed by atoms with Gasteiger partial charge < -0.3 is 19.1 Å². The van der Waals surface area contributed by atoms with Crippen molar-refractivity contribution >= 4 is 49.5 Å². The van der Waals surface area contributed by atoms with Crippen molar-refractivity contribution in [3.8, 4) is 22.4 Å². The second-order valence-corrected chi connectivity index (χ2v) is 28.2. The van der Waals surface area contributed by atoms with Gasteiger partial charge in [0, 0.05) is 52.2 Å². The van der Waals surface area contributed by atoms with Gasteiger partial charge in [0.05, 0.1) is 34.6 Å². The molecule has 3 aromatic heterocycles. The summed E-state index contributed by atoms with van der Waals surface area (Å²) in [7, 11) is -2.54. The van der Waals surface area contributed by atoms with Crippen LogP contribution in [0.4, 0.5) is 5.82 Å². The number of fused-ring (bicyclic) bond motifs is 1. The number of benzene rings is 1. The Morgan fingerprint density at radius 2 is 1.53 bits per heavy atom. The molecule has 276 valence electrons. The standard InChI is InChI=1S/C39H56BrN5O4Si2/c1-8-49-39(46)31-16-14-29(15-17-31)24-35-36(40)38(44(27-47-20-22-50(2,3)4)28-48-21-23-51(5,6)7)45-37(43-35)33(26-42-45)32-18-19-34(41-25-32)30-12-10-9-11-13-30/h9-13,18-19,25-26,29,31H,8,14-17,20-24,27-28H2,1-7H3. The first-order valence-electron chi connectivity index (χ1n) is 18.5. The molecule has 0 bridgehead atoms. The van der Waals surface area contributed by atoms with Crippen molar-refractivity contribution in [3.05, 3.63) is 65.0 Å². The molecule has 1 aliphatic carbocycles. The Morgan fingerprint density at radius 1 is 0.882 bits per heavy atom. The van der Waals surface area contributed by atoms with Crippen molar-refractivity contribution in [1.29, 1.82) is 0 Å². The number of aromatic nitrogens is 4. The second-order valence-electron chi connectivity index (χ2n) is 16.2. The van der Waals surface area contributed by atoms with Crippen molar-refractivity contribution < 1.29 is 19.0 Å². The number of nitrogens with zero attached hydrogens (tertiary/aromatic N) is 5. The summed E-state index contributed by atoms with van der Waals surface area (Å²) in [4.78, 5) is 24.8. The van der Waals surface area contributed by atoms with E-state index in [0.29, 0.717) is 39.2 Å². The van der Waals surface area contributed by atoms with Gasteiger partial charge in [-0.2, -0.15) is 9.61 Å². The molecule has 4 aromatic rings. The number of hydrogen-bond donors (Lipinski definition) is 0. The van der Waals surface area contributed by atoms with Gasteiger partial charge in [-0.15, -0.1) is 0 Å². The molecule has 0 atom stereocenters. The molecular formula is C39H56BrN5O4Si2. The topological polar surface area (TPSA) is 91.1 Å². The highest BCUT2D eigenvalue weighted by atomic mass is 79.9. The number of halogens is 1. The number of ether oxygens (including phenoxy) is 3. The fourth-order valence-electron chi connectivity index (χ4n) is 6.35. The largest absolute Gasteiger partial charge is 0.466 e. The van der Waals surface area contributed by atoms with Crippen LogP contribution in [0.15, 0.2) is 59.3 Å². The van der Waals surface area contributed by atoms with Crippen molar-refractivity contribution in [1.82, 2.24) is 19.6 Å². The van der Waals surface area contributed by atoms with E-state index in [1.54, 1.807) is 0 Å². The zero-order chi connectivity index (χ0) is 36.6. The van der Waals surface area contributed by atoms with E-state index >= 15 is 0 Å². The van der Waals surface area contributed by atoms with E-state index in [-0.39, 0.29) is 11.9 Å². The number of rotatable bonds is 17. The van der Waals surface area contributed by atoms with Gasteiger partial charge in [0.25, 0.3) is 0 Å². The third-order valence-corrected chi connectivity index (χ3v) is 13.7. The molecule has 1 aliphatic rings. The molecule has 1 fully saturated rings. The van der Waals surface area contributed by atoms with Crippen molar-refractivity contribution in [2.75, 3.05) is 38.2 Å². The maximum absolute atomic E-state index is 12.5. The molecule has 12 heteroatoms. The van der Waals surface area contributed by atoms with Crippen LogP contribution in [0.1, 0.15) is 38.3 Å². The van der Waals surface area contributed by atoms with Crippen LogP contribution in [0.5, 0.6) is 0 Å². The Labute approximate surface area is 314 Å². The van der Waals surface area contributed by atoms with E-state index < -0.39 is 16.1 Å². The molecule has 1 saturated carbocycles. The van der Waals surface area contributed by atoms with Crippen molar-refractivity contribution in [3.63, 3.8) is 0 Å². The molecule has 0 amide bonds. The minimum atomic E-state index is -1.27. The maximum atomic E-state index is 12.5. The number of carbonyl (C=O) groups is 1. The van der Waals surface area contributed by atoms with Crippen LogP contribution < -0.4 is 4.90 Å².